The highest BCUT2D eigenvalue weighted by Crippen LogP contribution is 2.29. The quantitative estimate of drug-likeness (QED) is 0.817. The second kappa shape index (κ2) is 8.01. The van der Waals surface area contributed by atoms with Gasteiger partial charge < -0.3 is 15.0 Å². The fraction of sp³-hybridized carbons (Fsp3) is 0.211. The van der Waals surface area contributed by atoms with Crippen LogP contribution in [0.1, 0.15) is 23.2 Å². The lowest BCUT2D eigenvalue weighted by Crippen LogP contribution is -2.27. The molecule has 3 rings (SSSR count). The number of hydrogen-bond donors (Lipinski definition) is 1. The van der Waals surface area contributed by atoms with Crippen molar-refractivity contribution in [1.82, 2.24) is 0 Å². The number of rotatable bonds is 5. The van der Waals surface area contributed by atoms with Crippen molar-refractivity contribution in [2.24, 2.45) is 0 Å². The molecule has 0 saturated carbocycles. The highest BCUT2D eigenvalue weighted by Gasteiger charge is 2.24. The van der Waals surface area contributed by atoms with Crippen molar-refractivity contribution in [3.05, 3.63) is 59.1 Å². The average molecular weight is 373 g/mol. The maximum Gasteiger partial charge on any atom is 0.340 e. The van der Waals surface area contributed by atoms with Crippen LogP contribution < -0.4 is 10.2 Å². The van der Waals surface area contributed by atoms with Gasteiger partial charge in [0.1, 0.15) is 0 Å². The molecule has 6 nitrogen and oxygen atoms in total. The molecule has 1 aliphatic heterocycles. The minimum absolute atomic E-state index is 0.0249. The van der Waals surface area contributed by atoms with E-state index in [0.717, 1.165) is 6.42 Å². The Kier molecular flexibility index (Phi) is 5.53. The fourth-order valence-corrected chi connectivity index (χ4v) is 2.95. The van der Waals surface area contributed by atoms with Gasteiger partial charge in [0.15, 0.2) is 6.61 Å². The smallest absolute Gasteiger partial charge is 0.340 e. The van der Waals surface area contributed by atoms with Crippen LogP contribution in [0.25, 0.3) is 0 Å². The van der Waals surface area contributed by atoms with E-state index in [1.807, 2.05) is 0 Å². The van der Waals surface area contributed by atoms with Gasteiger partial charge in [-0.3, -0.25) is 9.59 Å². The number of nitrogens with one attached hydrogen (secondary N) is 1. The Morgan fingerprint density at radius 1 is 1.12 bits per heavy atom. The molecule has 1 aliphatic rings. The van der Waals surface area contributed by atoms with Crippen LogP contribution in [0, 0.1) is 0 Å². The lowest BCUT2D eigenvalue weighted by molar-refractivity contribution is -0.119. The van der Waals surface area contributed by atoms with Gasteiger partial charge in [0.25, 0.3) is 5.91 Å². The Hall–Kier alpha value is -2.86. The first-order chi connectivity index (χ1) is 12.6. The van der Waals surface area contributed by atoms with Crippen molar-refractivity contribution in [3.8, 4) is 0 Å². The summed E-state index contributed by atoms with van der Waals surface area (Å²) in [6.45, 7) is 0.166. The maximum absolute atomic E-state index is 12.2. The summed E-state index contributed by atoms with van der Waals surface area (Å²) in [4.78, 5) is 37.8. The van der Waals surface area contributed by atoms with E-state index in [1.54, 1.807) is 47.4 Å². The molecule has 0 bridgehead atoms. The van der Waals surface area contributed by atoms with Gasteiger partial charge in [-0.05, 0) is 30.7 Å². The summed E-state index contributed by atoms with van der Waals surface area (Å²) in [6, 6.07) is 13.5. The first-order valence-electron chi connectivity index (χ1n) is 8.17. The second-order valence-electron chi connectivity index (χ2n) is 5.77. The zero-order valence-electron chi connectivity index (χ0n) is 13.9. The Labute approximate surface area is 155 Å². The predicted molar refractivity (Wildman–Crippen MR) is 98.4 cm³/mol. The molecule has 1 N–H and O–H groups in total. The van der Waals surface area contributed by atoms with Gasteiger partial charge in [0.2, 0.25) is 5.91 Å². The molecule has 2 amide bonds. The Balaban J connectivity index is 1.63. The minimum Gasteiger partial charge on any atom is -0.452 e. The van der Waals surface area contributed by atoms with Crippen LogP contribution in [-0.4, -0.2) is 30.9 Å². The molecule has 0 spiro atoms. The summed E-state index contributed by atoms with van der Waals surface area (Å²) in [5.41, 5.74) is 1.34. The van der Waals surface area contributed by atoms with Crippen molar-refractivity contribution < 1.29 is 19.1 Å². The van der Waals surface area contributed by atoms with Crippen molar-refractivity contribution in [2.75, 3.05) is 23.4 Å². The van der Waals surface area contributed by atoms with Crippen LogP contribution in [0.5, 0.6) is 0 Å². The van der Waals surface area contributed by atoms with E-state index < -0.39 is 18.5 Å². The number of esters is 1. The van der Waals surface area contributed by atoms with E-state index in [4.69, 9.17) is 16.3 Å². The highest BCUT2D eigenvalue weighted by atomic mass is 35.5. The number of carbonyl (C=O) groups excluding carboxylic acids is 3. The SMILES string of the molecule is O=C(COC(=O)c1ccccc1Cl)Nc1ccccc1N1CCCC1=O. The van der Waals surface area contributed by atoms with Crippen LogP contribution in [0.15, 0.2) is 48.5 Å². The van der Waals surface area contributed by atoms with E-state index in [2.05, 4.69) is 5.32 Å². The predicted octanol–water partition coefficient (Wildman–Crippen LogP) is 3.26. The molecule has 0 unspecified atom stereocenters. The van der Waals surface area contributed by atoms with E-state index >= 15 is 0 Å². The first-order valence-corrected chi connectivity index (χ1v) is 8.55. The normalized spacial score (nSPS) is 13.6. The molecule has 134 valence electrons. The van der Waals surface area contributed by atoms with Crippen molar-refractivity contribution in [3.63, 3.8) is 0 Å². The third-order valence-electron chi connectivity index (χ3n) is 3.97. The van der Waals surface area contributed by atoms with Crippen LogP contribution in [-0.2, 0) is 14.3 Å². The van der Waals surface area contributed by atoms with E-state index in [-0.39, 0.29) is 16.5 Å². The Morgan fingerprint density at radius 2 is 1.85 bits per heavy atom. The number of carbonyl (C=O) groups is 3. The number of benzene rings is 2. The van der Waals surface area contributed by atoms with Crippen LogP contribution in [0.3, 0.4) is 0 Å². The van der Waals surface area contributed by atoms with E-state index in [1.165, 1.54) is 6.07 Å². The Bertz CT molecular complexity index is 853. The van der Waals surface area contributed by atoms with Crippen molar-refractivity contribution in [2.45, 2.75) is 12.8 Å². The summed E-state index contributed by atoms with van der Waals surface area (Å²) < 4.78 is 5.01. The van der Waals surface area contributed by atoms with Crippen LogP contribution in [0.4, 0.5) is 11.4 Å². The largest absolute Gasteiger partial charge is 0.452 e. The molecular weight excluding hydrogens is 356 g/mol. The standard InChI is InChI=1S/C19H17ClN2O4/c20-14-7-2-1-6-13(14)19(25)26-12-17(23)21-15-8-3-4-9-16(15)22-11-5-10-18(22)24/h1-4,6-9H,5,10-12H2,(H,21,23). The Morgan fingerprint density at radius 3 is 2.58 bits per heavy atom. The molecular formula is C19H17ClN2O4. The van der Waals surface area contributed by atoms with Gasteiger partial charge in [-0.2, -0.15) is 0 Å². The number of para-hydroxylation sites is 2. The second-order valence-corrected chi connectivity index (χ2v) is 6.18. The molecule has 2 aromatic rings. The number of hydrogen-bond acceptors (Lipinski definition) is 4. The minimum atomic E-state index is -0.672. The van der Waals surface area contributed by atoms with Crippen LogP contribution in [0.2, 0.25) is 5.02 Å². The molecule has 0 atom stereocenters. The summed E-state index contributed by atoms with van der Waals surface area (Å²) >= 11 is 5.93. The lowest BCUT2D eigenvalue weighted by Gasteiger charge is -2.19. The number of ether oxygens (including phenoxy) is 1. The molecule has 0 aromatic heterocycles. The summed E-state index contributed by atoms with van der Waals surface area (Å²) in [7, 11) is 0. The summed E-state index contributed by atoms with van der Waals surface area (Å²) in [6.07, 6.45) is 1.29. The fourth-order valence-electron chi connectivity index (χ4n) is 2.74. The zero-order valence-corrected chi connectivity index (χ0v) is 14.7. The van der Waals surface area contributed by atoms with E-state index in [0.29, 0.717) is 24.3 Å². The van der Waals surface area contributed by atoms with Gasteiger partial charge >= 0.3 is 5.97 Å². The third-order valence-corrected chi connectivity index (χ3v) is 4.30. The molecule has 2 aromatic carbocycles. The topological polar surface area (TPSA) is 75.7 Å². The first kappa shape index (κ1) is 17.9. The average Bonchev–Trinajstić information content (AvgIpc) is 3.06. The molecule has 0 aliphatic carbocycles. The molecule has 1 saturated heterocycles. The van der Waals surface area contributed by atoms with Gasteiger partial charge in [0, 0.05) is 13.0 Å². The van der Waals surface area contributed by atoms with Gasteiger partial charge in [-0.25, -0.2) is 4.79 Å². The van der Waals surface area contributed by atoms with E-state index in [9.17, 15) is 14.4 Å². The third kappa shape index (κ3) is 4.03. The number of halogens is 1. The maximum atomic E-state index is 12.2. The molecule has 7 heteroatoms. The van der Waals surface area contributed by atoms with Gasteiger partial charge in [-0.15, -0.1) is 0 Å². The van der Waals surface area contributed by atoms with Gasteiger partial charge in [-0.1, -0.05) is 35.9 Å². The number of amides is 2. The number of anilines is 2. The summed E-state index contributed by atoms with van der Waals surface area (Å²) in [5, 5.41) is 2.95. The van der Waals surface area contributed by atoms with Crippen molar-refractivity contribution >= 4 is 40.8 Å². The lowest BCUT2D eigenvalue weighted by atomic mass is 10.2. The molecule has 1 heterocycles. The molecule has 26 heavy (non-hydrogen) atoms. The van der Waals surface area contributed by atoms with Crippen molar-refractivity contribution in [1.29, 1.82) is 0 Å². The summed E-state index contributed by atoms with van der Waals surface area (Å²) in [5.74, 6) is -1.14. The monoisotopic (exact) mass is 372 g/mol. The molecule has 0 radical (unpaired) electrons. The van der Waals surface area contributed by atoms with Gasteiger partial charge in [0.05, 0.1) is 22.0 Å². The highest BCUT2D eigenvalue weighted by molar-refractivity contribution is 6.33. The zero-order chi connectivity index (χ0) is 18.5. The van der Waals surface area contributed by atoms with Crippen LogP contribution >= 0.6 is 11.6 Å². The molecule has 1 fully saturated rings. The number of nitrogens with zero attached hydrogens (tertiary/aromatic N) is 1.